The van der Waals surface area contributed by atoms with Crippen molar-refractivity contribution in [1.82, 2.24) is 0 Å². The van der Waals surface area contributed by atoms with Gasteiger partial charge in [-0.25, -0.2) is 4.79 Å². The van der Waals surface area contributed by atoms with Gasteiger partial charge in [0.15, 0.2) is 5.69 Å². The minimum absolute atomic E-state index is 0.315. The van der Waals surface area contributed by atoms with Gasteiger partial charge in [-0.15, -0.1) is 0 Å². The van der Waals surface area contributed by atoms with Gasteiger partial charge in [0, 0.05) is 13.0 Å². The number of esters is 1. The molecule has 4 nitrogen and oxygen atoms in total. The number of aromatic nitrogens is 1. The monoisotopic (exact) mass is 315 g/mol. The molecule has 2 rings (SSSR count). The number of aryl methyl sites for hydroxylation is 1. The Hall–Kier alpha value is -1.14. The fourth-order valence-electron chi connectivity index (χ4n) is 1.47. The third-order valence-corrected chi connectivity index (χ3v) is 4.56. The Labute approximate surface area is 111 Å². The highest BCUT2D eigenvalue weighted by molar-refractivity contribution is 9.10. The molecular formula is C11H10BrNO3S. The maximum Gasteiger partial charge on any atom is 0.349 e. The van der Waals surface area contributed by atoms with Crippen LogP contribution >= 0.6 is 27.3 Å². The summed E-state index contributed by atoms with van der Waals surface area (Å²) in [6.07, 6.45) is 0. The first kappa shape index (κ1) is 12.3. The number of rotatable bonds is 2. The minimum atomic E-state index is -0.404. The molecule has 2 aromatic rings. The van der Waals surface area contributed by atoms with Crippen molar-refractivity contribution in [1.29, 1.82) is 0 Å². The summed E-state index contributed by atoms with van der Waals surface area (Å²) >= 11 is 4.48. The molecule has 0 bridgehead atoms. The largest absolute Gasteiger partial charge is 0.617 e. The Kier molecular flexibility index (Phi) is 3.35. The molecule has 0 atom stereocenters. The summed E-state index contributed by atoms with van der Waals surface area (Å²) < 4.78 is 6.39. The van der Waals surface area contributed by atoms with Crippen molar-refractivity contribution in [2.24, 2.45) is 0 Å². The Bertz CT molecular complexity index is 594. The van der Waals surface area contributed by atoms with Crippen molar-refractivity contribution >= 4 is 43.5 Å². The fourth-order valence-corrected chi connectivity index (χ4v) is 3.37. The SMILES string of the molecule is CCOC(=O)c1sc2c(ccc(C)[n+]2[O-])c1Br. The van der Waals surface area contributed by atoms with Crippen LogP contribution in [0.2, 0.25) is 0 Å². The smallest absolute Gasteiger partial charge is 0.349 e. The number of fused-ring (bicyclic) bond motifs is 1. The van der Waals surface area contributed by atoms with Gasteiger partial charge >= 0.3 is 5.97 Å². The highest BCUT2D eigenvalue weighted by atomic mass is 79.9. The van der Waals surface area contributed by atoms with Crippen molar-refractivity contribution < 1.29 is 14.3 Å². The molecule has 6 heteroatoms. The first-order valence-electron chi connectivity index (χ1n) is 5.04. The molecule has 0 saturated carbocycles. The first-order chi connectivity index (χ1) is 8.06. The van der Waals surface area contributed by atoms with Crippen LogP contribution in [0.3, 0.4) is 0 Å². The molecule has 0 amide bonds. The van der Waals surface area contributed by atoms with Crippen LogP contribution in [0.1, 0.15) is 22.3 Å². The predicted octanol–water partition coefficient (Wildman–Crippen LogP) is 2.78. The highest BCUT2D eigenvalue weighted by Gasteiger charge is 2.22. The van der Waals surface area contributed by atoms with Crippen LogP contribution in [0.4, 0.5) is 0 Å². The van der Waals surface area contributed by atoms with E-state index in [0.29, 0.717) is 26.5 Å². The molecule has 0 radical (unpaired) electrons. The normalized spacial score (nSPS) is 10.8. The van der Waals surface area contributed by atoms with Crippen LogP contribution in [0.25, 0.3) is 10.2 Å². The Morgan fingerprint density at radius 1 is 1.59 bits per heavy atom. The van der Waals surface area contributed by atoms with E-state index in [2.05, 4.69) is 15.9 Å². The Morgan fingerprint density at radius 3 is 2.94 bits per heavy atom. The van der Waals surface area contributed by atoms with Crippen molar-refractivity contribution in [3.05, 3.63) is 32.4 Å². The number of carbonyl (C=O) groups is 1. The van der Waals surface area contributed by atoms with Gasteiger partial charge in [0.05, 0.1) is 16.5 Å². The third kappa shape index (κ3) is 2.02. The van der Waals surface area contributed by atoms with Crippen LogP contribution in [-0.2, 0) is 4.74 Å². The molecule has 2 aromatic heterocycles. The number of ether oxygens (including phenoxy) is 1. The van der Waals surface area contributed by atoms with Crippen LogP contribution in [0, 0.1) is 12.1 Å². The second-order valence-corrected chi connectivity index (χ2v) is 5.25. The molecule has 0 aliphatic rings. The molecule has 0 spiro atoms. The quantitative estimate of drug-likeness (QED) is 0.486. The summed E-state index contributed by atoms with van der Waals surface area (Å²) in [7, 11) is 0. The lowest BCUT2D eigenvalue weighted by atomic mass is 10.3. The van der Waals surface area contributed by atoms with Crippen molar-refractivity contribution in [2.45, 2.75) is 13.8 Å². The van der Waals surface area contributed by atoms with E-state index in [-0.39, 0.29) is 0 Å². The summed E-state index contributed by atoms with van der Waals surface area (Å²) in [5, 5.41) is 12.6. The van der Waals surface area contributed by atoms with Gasteiger partial charge in [0.1, 0.15) is 4.88 Å². The predicted molar refractivity (Wildman–Crippen MR) is 69.2 cm³/mol. The molecular weight excluding hydrogens is 306 g/mol. The first-order valence-corrected chi connectivity index (χ1v) is 6.65. The van der Waals surface area contributed by atoms with Crippen molar-refractivity contribution in [2.75, 3.05) is 6.61 Å². The Morgan fingerprint density at radius 2 is 2.29 bits per heavy atom. The average molecular weight is 316 g/mol. The molecule has 90 valence electrons. The number of hydrogen-bond acceptors (Lipinski definition) is 4. The average Bonchev–Trinajstić information content (AvgIpc) is 2.63. The molecule has 0 unspecified atom stereocenters. The summed E-state index contributed by atoms with van der Waals surface area (Å²) in [6.45, 7) is 3.79. The number of pyridine rings is 1. The second-order valence-electron chi connectivity index (χ2n) is 3.45. The Balaban J connectivity index is 2.64. The van der Waals surface area contributed by atoms with E-state index < -0.39 is 5.97 Å². The molecule has 0 aliphatic carbocycles. The van der Waals surface area contributed by atoms with Gasteiger partial charge in [-0.1, -0.05) is 11.3 Å². The number of hydrogen-bond donors (Lipinski definition) is 0. The minimum Gasteiger partial charge on any atom is -0.617 e. The van der Waals surface area contributed by atoms with Crippen molar-refractivity contribution in [3.63, 3.8) is 0 Å². The summed E-state index contributed by atoms with van der Waals surface area (Å²) in [6, 6.07) is 3.55. The fraction of sp³-hybridized carbons (Fsp3) is 0.273. The maximum atomic E-state index is 11.8. The molecule has 2 heterocycles. The van der Waals surface area contributed by atoms with Gasteiger partial charge in [-0.05, 0) is 28.9 Å². The zero-order valence-corrected chi connectivity index (χ0v) is 11.7. The highest BCUT2D eigenvalue weighted by Crippen LogP contribution is 2.34. The van der Waals surface area contributed by atoms with Gasteiger partial charge in [0.2, 0.25) is 0 Å². The van der Waals surface area contributed by atoms with Crippen molar-refractivity contribution in [3.8, 4) is 0 Å². The lowest BCUT2D eigenvalue weighted by Gasteiger charge is -1.99. The van der Waals surface area contributed by atoms with Gasteiger partial charge in [0.25, 0.3) is 4.83 Å². The third-order valence-electron chi connectivity index (χ3n) is 2.32. The van der Waals surface area contributed by atoms with E-state index in [4.69, 9.17) is 4.74 Å². The number of carbonyl (C=O) groups excluding carboxylic acids is 1. The van der Waals surface area contributed by atoms with Crippen LogP contribution in [0.15, 0.2) is 16.6 Å². The maximum absolute atomic E-state index is 11.8. The van der Waals surface area contributed by atoms with E-state index in [1.54, 1.807) is 19.9 Å². The number of nitrogens with zero attached hydrogens (tertiary/aromatic N) is 1. The second kappa shape index (κ2) is 4.62. The van der Waals surface area contributed by atoms with E-state index in [1.807, 2.05) is 6.07 Å². The van der Waals surface area contributed by atoms with E-state index in [9.17, 15) is 10.0 Å². The molecule has 0 N–H and O–H groups in total. The van der Waals surface area contributed by atoms with E-state index in [0.717, 1.165) is 21.5 Å². The van der Waals surface area contributed by atoms with Gasteiger partial charge < -0.3 is 9.94 Å². The number of halogens is 1. The molecule has 17 heavy (non-hydrogen) atoms. The standard InChI is InChI=1S/C11H10BrNO3S/c1-3-16-11(14)9-8(12)7-5-4-6(2)13(15)10(7)17-9/h4-5H,3H2,1-2H3. The molecule has 0 fully saturated rings. The van der Waals surface area contributed by atoms with Gasteiger partial charge in [-0.2, -0.15) is 4.73 Å². The molecule has 0 aromatic carbocycles. The summed E-state index contributed by atoms with van der Waals surface area (Å²) in [4.78, 5) is 12.6. The molecule has 0 aliphatic heterocycles. The van der Waals surface area contributed by atoms with E-state index in [1.165, 1.54) is 0 Å². The van der Waals surface area contributed by atoms with E-state index >= 15 is 0 Å². The van der Waals surface area contributed by atoms with Gasteiger partial charge in [-0.3, -0.25) is 0 Å². The van der Waals surface area contributed by atoms with Crippen LogP contribution < -0.4 is 4.73 Å². The number of thiophene rings is 1. The molecule has 0 saturated heterocycles. The van der Waals surface area contributed by atoms with Crippen LogP contribution in [0.5, 0.6) is 0 Å². The zero-order chi connectivity index (χ0) is 12.6. The lowest BCUT2D eigenvalue weighted by molar-refractivity contribution is -0.581. The lowest BCUT2D eigenvalue weighted by Crippen LogP contribution is -2.29. The summed E-state index contributed by atoms with van der Waals surface area (Å²) in [5.41, 5.74) is 0.599. The topological polar surface area (TPSA) is 53.2 Å². The summed E-state index contributed by atoms with van der Waals surface area (Å²) in [5.74, 6) is -0.404. The zero-order valence-electron chi connectivity index (χ0n) is 9.32. The van der Waals surface area contributed by atoms with Crippen LogP contribution in [-0.4, -0.2) is 12.6 Å².